The maximum atomic E-state index is 3.27. The highest BCUT2D eigenvalue weighted by Gasteiger charge is 2.23. The Hall–Kier alpha value is -0.600. The molecule has 0 radical (unpaired) electrons. The van der Waals surface area contributed by atoms with Gasteiger partial charge in [0.15, 0.2) is 0 Å². The van der Waals surface area contributed by atoms with Gasteiger partial charge >= 0.3 is 0 Å². The molecule has 0 atom stereocenters. The van der Waals surface area contributed by atoms with E-state index >= 15 is 0 Å². The predicted molar refractivity (Wildman–Crippen MR) is 79.3 cm³/mol. The van der Waals surface area contributed by atoms with Crippen LogP contribution in [0.4, 0.5) is 11.4 Å². The summed E-state index contributed by atoms with van der Waals surface area (Å²) in [5, 5.41) is 3.27. The van der Waals surface area contributed by atoms with E-state index in [2.05, 4.69) is 22.3 Å². The summed E-state index contributed by atoms with van der Waals surface area (Å²) < 4.78 is 0. The van der Waals surface area contributed by atoms with E-state index in [0.717, 1.165) is 0 Å². The first-order valence-corrected chi connectivity index (χ1v) is 5.97. The van der Waals surface area contributed by atoms with Gasteiger partial charge in [0.1, 0.15) is 0 Å². The second-order valence-corrected chi connectivity index (χ2v) is 4.59. The minimum atomic E-state index is 0. The van der Waals surface area contributed by atoms with Crippen LogP contribution in [0.25, 0.3) is 0 Å². The summed E-state index contributed by atoms with van der Waals surface area (Å²) in [6, 6.07) is 4.66. The molecule has 2 aliphatic rings. The van der Waals surface area contributed by atoms with Gasteiger partial charge in [-0.1, -0.05) is 0 Å². The molecule has 4 heteroatoms. The second-order valence-electron chi connectivity index (χ2n) is 4.59. The van der Waals surface area contributed by atoms with E-state index in [-0.39, 0.29) is 24.8 Å². The van der Waals surface area contributed by atoms with Crippen LogP contribution in [0.5, 0.6) is 0 Å². The Balaban J connectivity index is 0.000000722. The van der Waals surface area contributed by atoms with Gasteiger partial charge in [-0.05, 0) is 48.9 Å². The number of anilines is 2. The van der Waals surface area contributed by atoms with Gasteiger partial charge in [0.25, 0.3) is 0 Å². The third-order valence-corrected chi connectivity index (χ3v) is 3.62. The molecular weight excluding hydrogens is 255 g/mol. The van der Waals surface area contributed by atoms with Crippen molar-refractivity contribution >= 4 is 36.2 Å². The van der Waals surface area contributed by atoms with E-state index < -0.39 is 0 Å². The first-order valence-electron chi connectivity index (χ1n) is 5.97. The Morgan fingerprint density at radius 3 is 2.00 bits per heavy atom. The minimum absolute atomic E-state index is 0. The highest BCUT2D eigenvalue weighted by molar-refractivity contribution is 5.85. The lowest BCUT2D eigenvalue weighted by Gasteiger charge is -2.37. The zero-order valence-corrected chi connectivity index (χ0v) is 11.8. The summed E-state index contributed by atoms with van der Waals surface area (Å²) in [6.07, 6.45) is 5.15. The summed E-state index contributed by atoms with van der Waals surface area (Å²) in [7, 11) is 2.01. The van der Waals surface area contributed by atoms with Crippen molar-refractivity contribution in [2.24, 2.45) is 0 Å². The fourth-order valence-electron chi connectivity index (χ4n) is 2.95. The summed E-state index contributed by atoms with van der Waals surface area (Å²) in [5.41, 5.74) is 5.96. The average Bonchev–Trinajstić information content (AvgIpc) is 2.29. The molecule has 0 aliphatic carbocycles. The lowest BCUT2D eigenvalue weighted by atomic mass is 9.91. The number of benzene rings is 1. The largest absolute Gasteiger partial charge is 0.388 e. The standard InChI is InChI=1S/C13H18N2.2ClH/c1-14-12-8-10-4-2-6-15-7-3-5-11(9-12)13(10)15;;/h8-9,14H,2-7H2,1H3;2*1H. The number of aryl methyl sites for hydroxylation is 2. The van der Waals surface area contributed by atoms with Crippen LogP contribution in [-0.2, 0) is 12.8 Å². The minimum Gasteiger partial charge on any atom is -0.388 e. The van der Waals surface area contributed by atoms with Gasteiger partial charge in [0.2, 0.25) is 0 Å². The van der Waals surface area contributed by atoms with E-state index in [1.165, 1.54) is 44.5 Å². The molecule has 0 amide bonds. The van der Waals surface area contributed by atoms with Crippen LogP contribution in [0.2, 0.25) is 0 Å². The molecule has 0 saturated carbocycles. The molecule has 0 spiro atoms. The molecule has 1 N–H and O–H groups in total. The second kappa shape index (κ2) is 5.83. The van der Waals surface area contributed by atoms with Crippen LogP contribution < -0.4 is 10.2 Å². The van der Waals surface area contributed by atoms with Gasteiger partial charge in [-0.25, -0.2) is 0 Å². The van der Waals surface area contributed by atoms with Crippen molar-refractivity contribution < 1.29 is 0 Å². The lowest BCUT2D eigenvalue weighted by molar-refractivity contribution is 0.634. The molecule has 0 bridgehead atoms. The Morgan fingerprint density at radius 1 is 1.00 bits per heavy atom. The quantitative estimate of drug-likeness (QED) is 0.846. The Bertz CT molecular complexity index is 362. The fourth-order valence-corrected chi connectivity index (χ4v) is 2.95. The van der Waals surface area contributed by atoms with E-state index in [0.29, 0.717) is 0 Å². The van der Waals surface area contributed by atoms with E-state index in [4.69, 9.17) is 0 Å². The van der Waals surface area contributed by atoms with Crippen molar-refractivity contribution in [3.8, 4) is 0 Å². The van der Waals surface area contributed by atoms with Crippen molar-refractivity contribution in [1.82, 2.24) is 0 Å². The number of hydrogen-bond donors (Lipinski definition) is 1. The molecular formula is C13H20Cl2N2. The summed E-state index contributed by atoms with van der Waals surface area (Å²) in [4.78, 5) is 2.58. The van der Waals surface area contributed by atoms with Crippen molar-refractivity contribution in [2.75, 3.05) is 30.4 Å². The van der Waals surface area contributed by atoms with E-state index in [1.807, 2.05) is 7.05 Å². The van der Waals surface area contributed by atoms with Gasteiger partial charge in [0.05, 0.1) is 0 Å². The number of nitrogens with one attached hydrogen (secondary N) is 1. The van der Waals surface area contributed by atoms with Crippen LogP contribution in [0.1, 0.15) is 24.0 Å². The van der Waals surface area contributed by atoms with Gasteiger partial charge < -0.3 is 10.2 Å². The fraction of sp³-hybridized carbons (Fsp3) is 0.538. The van der Waals surface area contributed by atoms with Crippen molar-refractivity contribution in [2.45, 2.75) is 25.7 Å². The molecule has 0 unspecified atom stereocenters. The number of rotatable bonds is 1. The molecule has 2 nitrogen and oxygen atoms in total. The molecule has 0 fully saturated rings. The molecule has 1 aromatic carbocycles. The number of hydrogen-bond acceptors (Lipinski definition) is 2. The molecule has 2 heterocycles. The van der Waals surface area contributed by atoms with Gasteiger partial charge in [0, 0.05) is 31.5 Å². The molecule has 1 aromatic rings. The van der Waals surface area contributed by atoms with Crippen LogP contribution >= 0.6 is 24.8 Å². The third-order valence-electron chi connectivity index (χ3n) is 3.62. The SMILES string of the molecule is CNc1cc2c3c(c1)CCCN3CCC2.Cl.Cl. The van der Waals surface area contributed by atoms with Crippen LogP contribution in [-0.4, -0.2) is 20.1 Å². The van der Waals surface area contributed by atoms with Crippen molar-refractivity contribution in [1.29, 1.82) is 0 Å². The topological polar surface area (TPSA) is 15.3 Å². The maximum absolute atomic E-state index is 3.27. The van der Waals surface area contributed by atoms with Crippen LogP contribution in [0.3, 0.4) is 0 Å². The maximum Gasteiger partial charge on any atom is 0.0432 e. The van der Waals surface area contributed by atoms with Gasteiger partial charge in [-0.3, -0.25) is 0 Å². The molecule has 0 saturated heterocycles. The highest BCUT2D eigenvalue weighted by atomic mass is 35.5. The zero-order valence-electron chi connectivity index (χ0n) is 10.2. The Labute approximate surface area is 116 Å². The van der Waals surface area contributed by atoms with Crippen LogP contribution in [0.15, 0.2) is 12.1 Å². The zero-order chi connectivity index (χ0) is 10.3. The first-order chi connectivity index (χ1) is 7.38. The molecule has 2 aliphatic heterocycles. The molecule has 17 heavy (non-hydrogen) atoms. The van der Waals surface area contributed by atoms with Gasteiger partial charge in [-0.2, -0.15) is 0 Å². The molecule has 0 aromatic heterocycles. The Kier molecular flexibility index (Phi) is 4.96. The predicted octanol–water partition coefficient (Wildman–Crippen LogP) is 3.27. The highest BCUT2D eigenvalue weighted by Crippen LogP contribution is 2.37. The normalized spacial score (nSPS) is 16.4. The van der Waals surface area contributed by atoms with Crippen molar-refractivity contribution in [3.05, 3.63) is 23.3 Å². The smallest absolute Gasteiger partial charge is 0.0432 e. The summed E-state index contributed by atoms with van der Waals surface area (Å²) in [5.74, 6) is 0. The summed E-state index contributed by atoms with van der Waals surface area (Å²) in [6.45, 7) is 2.53. The van der Waals surface area contributed by atoms with Crippen molar-refractivity contribution in [3.63, 3.8) is 0 Å². The number of halogens is 2. The molecule has 3 rings (SSSR count). The number of nitrogens with zero attached hydrogens (tertiary/aromatic N) is 1. The monoisotopic (exact) mass is 274 g/mol. The van der Waals surface area contributed by atoms with E-state index in [1.54, 1.807) is 16.8 Å². The summed E-state index contributed by atoms with van der Waals surface area (Å²) >= 11 is 0. The molecule has 96 valence electrons. The first kappa shape index (κ1) is 14.5. The van der Waals surface area contributed by atoms with Gasteiger partial charge in [-0.15, -0.1) is 24.8 Å². The Morgan fingerprint density at radius 2 is 1.53 bits per heavy atom. The lowest BCUT2D eigenvalue weighted by Crippen LogP contribution is -2.34. The van der Waals surface area contributed by atoms with E-state index in [9.17, 15) is 0 Å². The third kappa shape index (κ3) is 2.48. The average molecular weight is 275 g/mol. The van der Waals surface area contributed by atoms with Crippen LogP contribution in [0, 0.1) is 0 Å².